The summed E-state index contributed by atoms with van der Waals surface area (Å²) in [5, 5.41) is 0.596. The molecular weight excluding hydrogens is 345 g/mol. The van der Waals surface area contributed by atoms with Crippen molar-refractivity contribution < 1.29 is 9.13 Å². The lowest BCUT2D eigenvalue weighted by Crippen LogP contribution is -2.08. The third-order valence-corrected chi connectivity index (χ3v) is 3.58. The van der Waals surface area contributed by atoms with E-state index in [1.165, 1.54) is 6.07 Å². The summed E-state index contributed by atoms with van der Waals surface area (Å²) >= 11 is 9.26. The number of halogens is 3. The van der Waals surface area contributed by atoms with Crippen molar-refractivity contribution in [1.29, 1.82) is 0 Å². The molecule has 0 saturated heterocycles. The minimum absolute atomic E-state index is 0.132. The highest BCUT2D eigenvalue weighted by atomic mass is 79.9. The van der Waals surface area contributed by atoms with Gasteiger partial charge in [0.05, 0.1) is 0 Å². The Morgan fingerprint density at radius 1 is 1.30 bits per heavy atom. The van der Waals surface area contributed by atoms with E-state index in [2.05, 4.69) is 15.9 Å². The zero-order valence-electron chi connectivity index (χ0n) is 10.9. The molecule has 0 unspecified atom stereocenters. The summed E-state index contributed by atoms with van der Waals surface area (Å²) in [6.45, 7) is 1.98. The summed E-state index contributed by atoms with van der Waals surface area (Å²) in [5.74, 6) is 0.313. The third-order valence-electron chi connectivity index (χ3n) is 2.85. The van der Waals surface area contributed by atoms with E-state index in [0.29, 0.717) is 16.3 Å². The second-order valence-electron chi connectivity index (χ2n) is 4.50. The van der Waals surface area contributed by atoms with Crippen molar-refractivity contribution in [3.05, 3.63) is 62.8 Å². The first-order chi connectivity index (χ1) is 9.47. The van der Waals surface area contributed by atoms with Crippen LogP contribution in [0.1, 0.15) is 24.1 Å². The SMILES string of the molecule is C[C@H](N)c1cc(Cl)ccc1OCc1cc(Br)ccc1F. The lowest BCUT2D eigenvalue weighted by Gasteiger charge is -2.15. The molecule has 2 aromatic rings. The molecule has 0 aromatic heterocycles. The van der Waals surface area contributed by atoms with E-state index in [9.17, 15) is 4.39 Å². The molecule has 0 radical (unpaired) electrons. The zero-order valence-corrected chi connectivity index (χ0v) is 13.2. The first-order valence-corrected chi connectivity index (χ1v) is 7.26. The molecule has 2 nitrogen and oxygen atoms in total. The van der Waals surface area contributed by atoms with Crippen LogP contribution in [-0.4, -0.2) is 0 Å². The van der Waals surface area contributed by atoms with Gasteiger partial charge in [-0.25, -0.2) is 4.39 Å². The molecule has 2 N–H and O–H groups in total. The van der Waals surface area contributed by atoms with Crippen LogP contribution in [0, 0.1) is 5.82 Å². The Labute approximate surface area is 130 Å². The van der Waals surface area contributed by atoms with Crippen LogP contribution >= 0.6 is 27.5 Å². The molecule has 1 atom stereocenters. The predicted molar refractivity (Wildman–Crippen MR) is 82.5 cm³/mol. The van der Waals surface area contributed by atoms with E-state index >= 15 is 0 Å². The van der Waals surface area contributed by atoms with Crippen molar-refractivity contribution in [1.82, 2.24) is 0 Å². The van der Waals surface area contributed by atoms with Crippen molar-refractivity contribution >= 4 is 27.5 Å². The topological polar surface area (TPSA) is 35.2 Å². The molecule has 0 bridgehead atoms. The zero-order chi connectivity index (χ0) is 14.7. The van der Waals surface area contributed by atoms with Crippen LogP contribution in [-0.2, 0) is 6.61 Å². The predicted octanol–water partition coefficient (Wildman–Crippen LogP) is 4.84. The fourth-order valence-electron chi connectivity index (χ4n) is 1.82. The molecule has 0 spiro atoms. The number of ether oxygens (including phenoxy) is 1. The molecular formula is C15H14BrClFNO. The largest absolute Gasteiger partial charge is 0.488 e. The first kappa shape index (κ1) is 15.3. The van der Waals surface area contributed by atoms with Crippen LogP contribution in [0.15, 0.2) is 40.9 Å². The summed E-state index contributed by atoms with van der Waals surface area (Å²) in [6, 6.07) is 9.76. The van der Waals surface area contributed by atoms with Crippen LogP contribution in [0.3, 0.4) is 0 Å². The fourth-order valence-corrected chi connectivity index (χ4v) is 2.41. The van der Waals surface area contributed by atoms with E-state index in [1.807, 2.05) is 6.92 Å². The van der Waals surface area contributed by atoms with Crippen LogP contribution in [0.25, 0.3) is 0 Å². The number of nitrogens with two attached hydrogens (primary N) is 1. The van der Waals surface area contributed by atoms with Gasteiger partial charge in [-0.2, -0.15) is 0 Å². The van der Waals surface area contributed by atoms with E-state index in [-0.39, 0.29) is 18.5 Å². The maximum absolute atomic E-state index is 13.6. The Morgan fingerprint density at radius 2 is 2.05 bits per heavy atom. The molecule has 0 aliphatic heterocycles. The fraction of sp³-hybridized carbons (Fsp3) is 0.200. The molecule has 0 aliphatic rings. The highest BCUT2D eigenvalue weighted by Gasteiger charge is 2.10. The average molecular weight is 359 g/mol. The lowest BCUT2D eigenvalue weighted by atomic mass is 10.1. The van der Waals surface area contributed by atoms with Gasteiger partial charge in [-0.15, -0.1) is 0 Å². The lowest BCUT2D eigenvalue weighted by molar-refractivity contribution is 0.295. The third kappa shape index (κ3) is 3.72. The monoisotopic (exact) mass is 357 g/mol. The molecule has 0 amide bonds. The Bertz CT molecular complexity index is 619. The highest BCUT2D eigenvalue weighted by molar-refractivity contribution is 9.10. The quantitative estimate of drug-likeness (QED) is 0.848. The van der Waals surface area contributed by atoms with Crippen LogP contribution < -0.4 is 10.5 Å². The van der Waals surface area contributed by atoms with Gasteiger partial charge < -0.3 is 10.5 Å². The van der Waals surface area contributed by atoms with Gasteiger partial charge in [0.15, 0.2) is 0 Å². The molecule has 2 rings (SSSR count). The van der Waals surface area contributed by atoms with E-state index in [4.69, 9.17) is 22.1 Å². The number of rotatable bonds is 4. The second kappa shape index (κ2) is 6.57. The number of benzene rings is 2. The summed E-state index contributed by atoms with van der Waals surface area (Å²) in [7, 11) is 0. The Balaban J connectivity index is 2.20. The molecule has 0 saturated carbocycles. The molecule has 106 valence electrons. The average Bonchev–Trinajstić information content (AvgIpc) is 2.40. The van der Waals surface area contributed by atoms with E-state index in [0.717, 1.165) is 10.0 Å². The van der Waals surface area contributed by atoms with Gasteiger partial charge in [0, 0.05) is 26.7 Å². The number of hydrogen-bond acceptors (Lipinski definition) is 2. The minimum Gasteiger partial charge on any atom is -0.488 e. The summed E-state index contributed by atoms with van der Waals surface area (Å²) in [6.07, 6.45) is 0. The Morgan fingerprint density at radius 3 is 2.75 bits per heavy atom. The van der Waals surface area contributed by atoms with Crippen molar-refractivity contribution in [2.45, 2.75) is 19.6 Å². The van der Waals surface area contributed by atoms with Gasteiger partial charge >= 0.3 is 0 Å². The normalized spacial score (nSPS) is 12.2. The van der Waals surface area contributed by atoms with Gasteiger partial charge in [0.1, 0.15) is 18.2 Å². The molecule has 0 aliphatic carbocycles. The van der Waals surface area contributed by atoms with Gasteiger partial charge in [-0.1, -0.05) is 27.5 Å². The molecule has 20 heavy (non-hydrogen) atoms. The van der Waals surface area contributed by atoms with Crippen molar-refractivity contribution in [3.63, 3.8) is 0 Å². The van der Waals surface area contributed by atoms with Crippen LogP contribution in [0.2, 0.25) is 5.02 Å². The van der Waals surface area contributed by atoms with Crippen LogP contribution in [0.4, 0.5) is 4.39 Å². The maximum Gasteiger partial charge on any atom is 0.129 e. The minimum atomic E-state index is -0.301. The molecule has 0 fully saturated rings. The molecule has 5 heteroatoms. The van der Waals surface area contributed by atoms with Crippen molar-refractivity contribution in [3.8, 4) is 5.75 Å². The van der Waals surface area contributed by atoms with Gasteiger partial charge in [-0.05, 0) is 43.3 Å². The van der Waals surface area contributed by atoms with Crippen molar-refractivity contribution in [2.75, 3.05) is 0 Å². The highest BCUT2D eigenvalue weighted by Crippen LogP contribution is 2.28. The maximum atomic E-state index is 13.6. The first-order valence-electron chi connectivity index (χ1n) is 6.09. The van der Waals surface area contributed by atoms with E-state index < -0.39 is 0 Å². The van der Waals surface area contributed by atoms with Crippen molar-refractivity contribution in [2.24, 2.45) is 5.73 Å². The van der Waals surface area contributed by atoms with Gasteiger partial charge in [0.2, 0.25) is 0 Å². The Hall–Kier alpha value is -1.10. The summed E-state index contributed by atoms with van der Waals surface area (Å²) in [4.78, 5) is 0. The Kier molecular flexibility index (Phi) is 5.02. The summed E-state index contributed by atoms with van der Waals surface area (Å²) < 4.78 is 20.1. The standard InChI is InChI=1S/C15H14BrClFNO/c1-9(19)13-7-12(17)3-5-15(13)20-8-10-6-11(16)2-4-14(10)18/h2-7,9H,8,19H2,1H3/t9-/m0/s1. The smallest absolute Gasteiger partial charge is 0.129 e. The molecule has 2 aromatic carbocycles. The van der Waals surface area contributed by atoms with Gasteiger partial charge in [-0.3, -0.25) is 0 Å². The summed E-state index contributed by atoms with van der Waals surface area (Å²) in [5.41, 5.74) is 7.16. The van der Waals surface area contributed by atoms with E-state index in [1.54, 1.807) is 30.3 Å². The second-order valence-corrected chi connectivity index (χ2v) is 5.85. The number of hydrogen-bond donors (Lipinski definition) is 1. The molecule has 0 heterocycles. The van der Waals surface area contributed by atoms with Gasteiger partial charge in [0.25, 0.3) is 0 Å². The van der Waals surface area contributed by atoms with Crippen LogP contribution in [0.5, 0.6) is 5.75 Å².